The molecule has 0 amide bonds. The minimum absolute atomic E-state index is 0.358. The maximum Gasteiger partial charge on any atom is 0.186 e. The lowest BCUT2D eigenvalue weighted by molar-refractivity contribution is 0.511. The number of benzene rings is 3. The van der Waals surface area contributed by atoms with Gasteiger partial charge in [0.25, 0.3) is 0 Å². The van der Waals surface area contributed by atoms with Crippen LogP contribution in [0.3, 0.4) is 0 Å². The van der Waals surface area contributed by atoms with Crippen LogP contribution < -0.4 is 9.33 Å². The molecule has 5 aromatic rings. The summed E-state index contributed by atoms with van der Waals surface area (Å²) in [5.74, 6) is -10.7. The zero-order valence-corrected chi connectivity index (χ0v) is 18.4. The predicted molar refractivity (Wildman–Crippen MR) is 116 cm³/mol. The van der Waals surface area contributed by atoms with Crippen LogP contribution in [0.25, 0.3) is 53.1 Å². The summed E-state index contributed by atoms with van der Waals surface area (Å²) in [7, 11) is 0. The SMILES string of the molecule is N#CC(C#N)=c1nc2c(F)c(F)c3c(c(F)c(F)c4c5sc(=C(C#N)C#N)nc5c(F)c(F)c43)c2s1. The molecule has 14 heteroatoms. The molecule has 0 radical (unpaired) electrons. The molecule has 0 spiro atoms. The summed E-state index contributed by atoms with van der Waals surface area (Å²) in [4.78, 5) is 7.28. The molecule has 0 bridgehead atoms. The molecule has 5 rings (SSSR count). The van der Waals surface area contributed by atoms with E-state index in [1.807, 2.05) is 0 Å². The van der Waals surface area contributed by atoms with Crippen LogP contribution in [-0.2, 0) is 0 Å². The molecule has 2 heterocycles. The minimum atomic E-state index is -1.88. The second-order valence-corrected chi connectivity index (χ2v) is 8.97. The Balaban J connectivity index is 2.18. The van der Waals surface area contributed by atoms with Gasteiger partial charge in [-0.3, -0.25) is 0 Å². The van der Waals surface area contributed by atoms with Crippen molar-refractivity contribution in [2.45, 2.75) is 0 Å². The number of rotatable bonds is 0. The monoisotopic (exact) mass is 526 g/mol. The van der Waals surface area contributed by atoms with Crippen LogP contribution in [0.4, 0.5) is 26.3 Å². The van der Waals surface area contributed by atoms with E-state index in [1.54, 1.807) is 0 Å². The molecule has 3 aromatic carbocycles. The van der Waals surface area contributed by atoms with Crippen LogP contribution in [-0.4, -0.2) is 9.97 Å². The van der Waals surface area contributed by atoms with E-state index in [2.05, 4.69) is 9.97 Å². The van der Waals surface area contributed by atoms with E-state index in [9.17, 15) is 8.78 Å². The normalized spacial score (nSPS) is 10.9. The Morgan fingerprint density at radius 3 is 1.11 bits per heavy atom. The summed E-state index contributed by atoms with van der Waals surface area (Å²) < 4.78 is 89.5. The van der Waals surface area contributed by atoms with Crippen molar-refractivity contribution >= 4 is 75.8 Å². The fraction of sp³-hybridized carbons (Fsp3) is 0. The number of hydrogen-bond acceptors (Lipinski definition) is 8. The van der Waals surface area contributed by atoms with Crippen LogP contribution in [0, 0.1) is 80.2 Å². The molecule has 0 N–H and O–H groups in total. The number of fused-ring (bicyclic) bond motifs is 7. The first kappa shape index (κ1) is 23.0. The number of nitriles is 4. The van der Waals surface area contributed by atoms with Gasteiger partial charge in [0.15, 0.2) is 46.0 Å². The van der Waals surface area contributed by atoms with E-state index in [4.69, 9.17) is 21.0 Å². The first-order valence-electron chi connectivity index (χ1n) is 9.24. The molecule has 0 saturated heterocycles. The van der Waals surface area contributed by atoms with Crippen molar-refractivity contribution in [2.75, 3.05) is 0 Å². The van der Waals surface area contributed by atoms with Crippen molar-refractivity contribution in [3.05, 3.63) is 44.2 Å². The molecule has 0 fully saturated rings. The fourth-order valence-electron chi connectivity index (χ4n) is 3.71. The maximum atomic E-state index is 15.4. The van der Waals surface area contributed by atoms with Crippen LogP contribution >= 0.6 is 22.7 Å². The number of thiazole rings is 2. The zero-order valence-electron chi connectivity index (χ0n) is 16.8. The van der Waals surface area contributed by atoms with Gasteiger partial charge in [-0.15, -0.1) is 22.7 Å². The Morgan fingerprint density at radius 1 is 0.500 bits per heavy atom. The van der Waals surface area contributed by atoms with Gasteiger partial charge in [0.2, 0.25) is 0 Å². The molecule has 2 aromatic heterocycles. The fourth-order valence-corrected chi connectivity index (χ4v) is 5.81. The third-order valence-corrected chi connectivity index (χ3v) is 7.39. The highest BCUT2D eigenvalue weighted by Gasteiger charge is 2.31. The minimum Gasteiger partial charge on any atom is -0.231 e. The Bertz CT molecular complexity index is 1980. The van der Waals surface area contributed by atoms with Crippen LogP contribution in [0.1, 0.15) is 0 Å². The van der Waals surface area contributed by atoms with Crippen LogP contribution in [0.15, 0.2) is 0 Å². The maximum absolute atomic E-state index is 15.4. The first-order valence-corrected chi connectivity index (χ1v) is 10.9. The smallest absolute Gasteiger partial charge is 0.186 e. The Hall–Kier alpha value is -4.76. The Kier molecular flexibility index (Phi) is 5.04. The van der Waals surface area contributed by atoms with E-state index < -0.39 is 97.4 Å². The van der Waals surface area contributed by atoms with E-state index in [1.165, 1.54) is 24.3 Å². The second kappa shape index (κ2) is 7.89. The highest BCUT2D eigenvalue weighted by molar-refractivity contribution is 7.18. The Morgan fingerprint density at radius 2 is 0.806 bits per heavy atom. The molecule has 6 nitrogen and oxygen atoms in total. The average Bonchev–Trinajstić information content (AvgIpc) is 3.50. The summed E-state index contributed by atoms with van der Waals surface area (Å²) in [6.07, 6.45) is 0. The Labute approximate surface area is 201 Å². The topological polar surface area (TPSA) is 121 Å². The van der Waals surface area contributed by atoms with E-state index in [-0.39, 0.29) is 0 Å². The van der Waals surface area contributed by atoms with Gasteiger partial charge in [0.05, 0.1) is 9.40 Å². The van der Waals surface area contributed by atoms with Gasteiger partial charge in [-0.25, -0.2) is 36.3 Å². The van der Waals surface area contributed by atoms with Crippen molar-refractivity contribution in [3.8, 4) is 24.3 Å². The van der Waals surface area contributed by atoms with Crippen molar-refractivity contribution in [3.63, 3.8) is 0 Å². The average molecular weight is 526 g/mol. The number of hydrogen-bond donors (Lipinski definition) is 0. The molecule has 172 valence electrons. The zero-order chi connectivity index (χ0) is 26.0. The molecule has 0 unspecified atom stereocenters. The highest BCUT2D eigenvalue weighted by Crippen LogP contribution is 2.43. The number of nitrogens with zero attached hydrogens (tertiary/aromatic N) is 6. The van der Waals surface area contributed by atoms with Gasteiger partial charge >= 0.3 is 0 Å². The summed E-state index contributed by atoms with van der Waals surface area (Å²) >= 11 is 0.716. The van der Waals surface area contributed by atoms with Gasteiger partial charge in [0.1, 0.15) is 44.6 Å². The summed E-state index contributed by atoms with van der Waals surface area (Å²) in [5, 5.41) is 31.9. The number of aromatic nitrogens is 2. The van der Waals surface area contributed by atoms with Gasteiger partial charge in [-0.2, -0.15) is 21.0 Å². The first-order chi connectivity index (χ1) is 17.2. The van der Waals surface area contributed by atoms with Crippen LogP contribution in [0.5, 0.6) is 0 Å². The largest absolute Gasteiger partial charge is 0.231 e. The lowest BCUT2D eigenvalue weighted by Crippen LogP contribution is -2.02. The van der Waals surface area contributed by atoms with Crippen molar-refractivity contribution in [1.29, 1.82) is 21.0 Å². The van der Waals surface area contributed by atoms with Crippen molar-refractivity contribution in [2.24, 2.45) is 0 Å². The molecule has 0 saturated carbocycles. The lowest BCUT2D eigenvalue weighted by Gasteiger charge is -2.12. The molecule has 0 aliphatic rings. The lowest BCUT2D eigenvalue weighted by atomic mass is 9.98. The third-order valence-electron chi connectivity index (χ3n) is 5.21. The highest BCUT2D eigenvalue weighted by atomic mass is 32.1. The molecule has 0 aliphatic heterocycles. The molecular weight excluding hydrogens is 526 g/mol. The van der Waals surface area contributed by atoms with E-state index in [0.29, 0.717) is 22.7 Å². The summed E-state index contributed by atoms with van der Waals surface area (Å²) in [5.41, 5.74) is -2.93. The van der Waals surface area contributed by atoms with Crippen molar-refractivity contribution in [1.82, 2.24) is 9.97 Å². The van der Waals surface area contributed by atoms with Crippen LogP contribution in [0.2, 0.25) is 0 Å². The van der Waals surface area contributed by atoms with Gasteiger partial charge in [0, 0.05) is 21.5 Å². The van der Waals surface area contributed by atoms with E-state index >= 15 is 17.6 Å². The molecular formula is C22F6N6S2. The van der Waals surface area contributed by atoms with Gasteiger partial charge in [-0.05, 0) is 0 Å². The predicted octanol–water partition coefficient (Wildman–Crippen LogP) is 4.44. The molecule has 36 heavy (non-hydrogen) atoms. The quantitative estimate of drug-likeness (QED) is 0.217. The third kappa shape index (κ3) is 2.80. The van der Waals surface area contributed by atoms with Gasteiger partial charge in [-0.1, -0.05) is 0 Å². The van der Waals surface area contributed by atoms with E-state index in [0.717, 1.165) is 0 Å². The van der Waals surface area contributed by atoms with Gasteiger partial charge < -0.3 is 0 Å². The molecule has 0 atom stereocenters. The van der Waals surface area contributed by atoms with Crippen molar-refractivity contribution < 1.29 is 26.3 Å². The standard InChI is InChI=1S/C22F6N6S2/c23-11-7-8-10(20-18(16(28)12(8)24)34-22(36-20)6(3-31)4-32)14(26)13(25)9(7)19-17(15(11)27)33-21(35-19)5(1-29)2-30. The summed E-state index contributed by atoms with van der Waals surface area (Å²) in [6.45, 7) is 0. The summed E-state index contributed by atoms with van der Waals surface area (Å²) in [6, 6.07) is 5.92. The molecule has 0 aliphatic carbocycles. The second-order valence-electron chi connectivity index (χ2n) is 6.97. The number of halogens is 6.